The maximum Gasteiger partial charge on any atom is 0.143 e. The van der Waals surface area contributed by atoms with Crippen molar-refractivity contribution in [2.45, 2.75) is 39.2 Å². The van der Waals surface area contributed by atoms with Crippen molar-refractivity contribution < 1.29 is 0 Å². The van der Waals surface area contributed by atoms with Gasteiger partial charge < -0.3 is 0 Å². The zero-order chi connectivity index (χ0) is 17.5. The number of para-hydroxylation sites is 3. The summed E-state index contributed by atoms with van der Waals surface area (Å²) in [4.78, 5) is 0. The lowest BCUT2D eigenvalue weighted by atomic mass is 9.98. The van der Waals surface area contributed by atoms with Crippen LogP contribution in [0.1, 0.15) is 33.1 Å². The predicted molar refractivity (Wildman–Crippen MR) is 109 cm³/mol. The summed E-state index contributed by atoms with van der Waals surface area (Å²) in [7, 11) is 0. The summed E-state index contributed by atoms with van der Waals surface area (Å²) in [5, 5.41) is 0. The number of hydrogen-bond acceptors (Lipinski definition) is 0. The molecule has 3 rings (SSSR count). The quantitative estimate of drug-likeness (QED) is 0.401. The molecule has 0 aliphatic carbocycles. The van der Waals surface area contributed by atoms with Gasteiger partial charge in [-0.3, -0.25) is 0 Å². The molecule has 0 N–H and O–H groups in total. The summed E-state index contributed by atoms with van der Waals surface area (Å²) >= 11 is 0. The summed E-state index contributed by atoms with van der Waals surface area (Å²) in [6.45, 7) is 4.61. The van der Waals surface area contributed by atoms with E-state index in [9.17, 15) is 0 Å². The number of rotatable bonds is 7. The van der Waals surface area contributed by atoms with Crippen molar-refractivity contribution in [3.8, 4) is 0 Å². The first-order valence-electron chi connectivity index (χ1n) is 9.39. The molecule has 1 heteroatoms. The fourth-order valence-corrected chi connectivity index (χ4v) is 4.07. The Kier molecular flexibility index (Phi) is 5.67. The molecular weight excluding hydrogens is 302 g/mol. The average molecular weight is 330 g/mol. The third kappa shape index (κ3) is 3.25. The Balaban J connectivity index is 2.35. The van der Waals surface area contributed by atoms with E-state index >= 15 is 0 Å². The van der Waals surface area contributed by atoms with Gasteiger partial charge in [-0.15, -0.1) is 0 Å². The molecule has 1 atom stereocenters. The molecule has 1 unspecified atom stereocenters. The Morgan fingerprint density at radius 2 is 0.960 bits per heavy atom. The lowest BCUT2D eigenvalue weighted by molar-refractivity contribution is 0.346. The van der Waals surface area contributed by atoms with Crippen LogP contribution < -0.4 is 4.48 Å². The molecule has 0 bridgehead atoms. The number of nitrogens with zero attached hydrogens (tertiary/aromatic N) is 1. The molecule has 0 saturated heterocycles. The average Bonchev–Trinajstić information content (AvgIpc) is 2.70. The summed E-state index contributed by atoms with van der Waals surface area (Å²) in [5.74, 6) is 0. The molecule has 0 aliphatic rings. The molecule has 0 amide bonds. The van der Waals surface area contributed by atoms with Crippen LogP contribution in [-0.4, -0.2) is 6.04 Å². The van der Waals surface area contributed by atoms with Gasteiger partial charge in [-0.05, 0) is 42.8 Å². The molecule has 0 fully saturated rings. The molecule has 0 spiro atoms. The van der Waals surface area contributed by atoms with Gasteiger partial charge in [0.2, 0.25) is 0 Å². The minimum Gasteiger partial charge on any atom is -0.224 e. The van der Waals surface area contributed by atoms with Crippen molar-refractivity contribution in [3.05, 3.63) is 91.0 Å². The van der Waals surface area contributed by atoms with E-state index in [1.165, 1.54) is 29.9 Å². The number of hydrogen-bond donors (Lipinski definition) is 0. The highest BCUT2D eigenvalue weighted by Crippen LogP contribution is 2.47. The lowest BCUT2D eigenvalue weighted by Gasteiger charge is -2.43. The zero-order valence-corrected chi connectivity index (χ0v) is 15.3. The predicted octanol–water partition coefficient (Wildman–Crippen LogP) is 7.24. The molecule has 3 aromatic rings. The molecule has 1 nitrogen and oxygen atoms in total. The smallest absolute Gasteiger partial charge is 0.143 e. The van der Waals surface area contributed by atoms with Crippen molar-refractivity contribution in [2.24, 2.45) is 0 Å². The van der Waals surface area contributed by atoms with Crippen LogP contribution in [0.15, 0.2) is 91.0 Å². The van der Waals surface area contributed by atoms with Gasteiger partial charge in [-0.25, -0.2) is 4.48 Å². The maximum absolute atomic E-state index is 2.32. The molecule has 0 aliphatic heterocycles. The normalized spacial score (nSPS) is 12.7. The topological polar surface area (TPSA) is 0 Å². The van der Waals surface area contributed by atoms with Crippen LogP contribution in [0.25, 0.3) is 0 Å². The van der Waals surface area contributed by atoms with Crippen molar-refractivity contribution in [1.82, 2.24) is 4.48 Å². The van der Waals surface area contributed by atoms with E-state index < -0.39 is 0 Å². The Labute approximate surface area is 152 Å². The molecule has 0 saturated carbocycles. The number of quaternary nitrogens is 1. The highest BCUT2D eigenvalue weighted by Gasteiger charge is 2.42. The minimum atomic E-state index is 0.497. The Bertz CT molecular complexity index is 653. The van der Waals surface area contributed by atoms with E-state index in [2.05, 4.69) is 105 Å². The van der Waals surface area contributed by atoms with Crippen LogP contribution in [0.4, 0.5) is 17.1 Å². The molecule has 128 valence electrons. The Morgan fingerprint density at radius 3 is 1.24 bits per heavy atom. The van der Waals surface area contributed by atoms with Crippen LogP contribution in [0.5, 0.6) is 0 Å². The van der Waals surface area contributed by atoms with Gasteiger partial charge in [-0.1, -0.05) is 74.9 Å². The maximum atomic E-state index is 2.32. The first kappa shape index (κ1) is 17.4. The molecule has 0 radical (unpaired) electrons. The fourth-order valence-electron chi connectivity index (χ4n) is 4.07. The van der Waals surface area contributed by atoms with Gasteiger partial charge >= 0.3 is 0 Å². The molecule has 0 aromatic heterocycles. The second-order valence-corrected chi connectivity index (χ2v) is 6.58. The van der Waals surface area contributed by atoms with Crippen LogP contribution in [-0.2, 0) is 0 Å². The van der Waals surface area contributed by atoms with Crippen molar-refractivity contribution in [1.29, 1.82) is 0 Å². The SMILES string of the molecule is CCCC(CC)[N+](c1ccccc1)(c1ccccc1)c1ccccc1. The molecule has 3 aromatic carbocycles. The van der Waals surface area contributed by atoms with Gasteiger partial charge in [0.25, 0.3) is 0 Å². The van der Waals surface area contributed by atoms with E-state index in [0.29, 0.717) is 6.04 Å². The third-order valence-corrected chi connectivity index (χ3v) is 5.13. The van der Waals surface area contributed by atoms with Crippen molar-refractivity contribution in [3.63, 3.8) is 0 Å². The summed E-state index contributed by atoms with van der Waals surface area (Å²) in [6, 6.07) is 33.4. The Morgan fingerprint density at radius 1 is 0.600 bits per heavy atom. The zero-order valence-electron chi connectivity index (χ0n) is 15.3. The van der Waals surface area contributed by atoms with Gasteiger partial charge in [-0.2, -0.15) is 0 Å². The first-order valence-corrected chi connectivity index (χ1v) is 9.39. The highest BCUT2D eigenvalue weighted by atomic mass is 15.4. The third-order valence-electron chi connectivity index (χ3n) is 5.13. The van der Waals surface area contributed by atoms with Gasteiger partial charge in [0, 0.05) is 6.42 Å². The van der Waals surface area contributed by atoms with Gasteiger partial charge in [0.15, 0.2) is 0 Å². The second kappa shape index (κ2) is 8.13. The summed E-state index contributed by atoms with van der Waals surface area (Å²) in [6.07, 6.45) is 3.51. The van der Waals surface area contributed by atoms with Crippen molar-refractivity contribution >= 4 is 17.1 Å². The van der Waals surface area contributed by atoms with Crippen LogP contribution in [0.3, 0.4) is 0 Å². The molecule has 25 heavy (non-hydrogen) atoms. The number of benzene rings is 3. The van der Waals surface area contributed by atoms with Crippen LogP contribution in [0, 0.1) is 0 Å². The monoisotopic (exact) mass is 330 g/mol. The van der Waals surface area contributed by atoms with Crippen LogP contribution in [0.2, 0.25) is 0 Å². The van der Waals surface area contributed by atoms with Gasteiger partial charge in [0.1, 0.15) is 23.1 Å². The largest absolute Gasteiger partial charge is 0.224 e. The highest BCUT2D eigenvalue weighted by molar-refractivity contribution is 5.71. The van der Waals surface area contributed by atoms with E-state index in [0.717, 1.165) is 10.9 Å². The second-order valence-electron chi connectivity index (χ2n) is 6.58. The van der Waals surface area contributed by atoms with E-state index in [1.54, 1.807) is 0 Å². The summed E-state index contributed by atoms with van der Waals surface area (Å²) < 4.78 is 0.785. The molecular formula is C24H28N+. The lowest BCUT2D eigenvalue weighted by Crippen LogP contribution is -2.48. The minimum absolute atomic E-state index is 0.497. The van der Waals surface area contributed by atoms with E-state index in [-0.39, 0.29) is 0 Å². The van der Waals surface area contributed by atoms with Gasteiger partial charge in [0.05, 0.1) is 0 Å². The summed E-state index contributed by atoms with van der Waals surface area (Å²) in [5.41, 5.74) is 4.00. The Hall–Kier alpha value is -2.38. The molecule has 0 heterocycles. The van der Waals surface area contributed by atoms with Crippen molar-refractivity contribution in [2.75, 3.05) is 0 Å². The van der Waals surface area contributed by atoms with E-state index in [1.807, 2.05) is 0 Å². The van der Waals surface area contributed by atoms with Crippen LogP contribution >= 0.6 is 0 Å². The standard InChI is InChI=1S/C24H28N/c1-3-14-21(4-2)25(22-15-8-5-9-16-22,23-17-10-6-11-18-23)24-19-12-7-13-20-24/h5-13,15-21H,3-4,14H2,1-2H3/q+1. The van der Waals surface area contributed by atoms with E-state index in [4.69, 9.17) is 0 Å². The first-order chi connectivity index (χ1) is 12.3. The fraction of sp³-hybridized carbons (Fsp3) is 0.250.